The molecule has 1 unspecified atom stereocenters. The van der Waals surface area contributed by atoms with Gasteiger partial charge in [-0.2, -0.15) is 0 Å². The summed E-state index contributed by atoms with van der Waals surface area (Å²) in [6.45, 7) is 2.18. The highest BCUT2D eigenvalue weighted by atomic mass is 16.4. The summed E-state index contributed by atoms with van der Waals surface area (Å²) in [6, 6.07) is -1.04. The van der Waals surface area contributed by atoms with Crippen LogP contribution in [0, 0.1) is 0 Å². The fraction of sp³-hybridized carbons (Fsp3) is 0.545. The Labute approximate surface area is 120 Å². The first-order valence-corrected chi connectivity index (χ1v) is 5.80. The minimum atomic E-state index is -1.17. The molecule has 0 aliphatic heterocycles. The maximum absolute atomic E-state index is 10.5. The number of amides is 3. The lowest BCUT2D eigenvalue weighted by atomic mass is 10.1. The average molecular weight is 305 g/mol. The van der Waals surface area contributed by atoms with Gasteiger partial charge in [0.2, 0.25) is 17.7 Å². The predicted octanol–water partition coefficient (Wildman–Crippen LogP) is -1.95. The second-order valence-electron chi connectivity index (χ2n) is 3.90. The molecule has 0 radical (unpaired) electrons. The Balaban J connectivity index is 0. The maximum Gasteiger partial charge on any atom is 0.326 e. The molecule has 3 amide bonds. The number of carboxylic acid groups (broad SMARTS) is 2. The van der Waals surface area contributed by atoms with E-state index in [0.717, 1.165) is 0 Å². The Hall–Kier alpha value is -2.65. The molecule has 0 rings (SSSR count). The van der Waals surface area contributed by atoms with E-state index in [1.165, 1.54) is 13.8 Å². The molecular weight excluding hydrogens is 286 g/mol. The van der Waals surface area contributed by atoms with E-state index in [0.29, 0.717) is 0 Å². The van der Waals surface area contributed by atoms with Crippen LogP contribution in [0.5, 0.6) is 0 Å². The number of nitrogens with two attached hydrogens (primary N) is 1. The molecule has 0 aromatic rings. The van der Waals surface area contributed by atoms with Gasteiger partial charge in [0, 0.05) is 20.3 Å². The SMILES string of the molecule is CC(=O)NC(CCC(N)=O)C(=O)O.CC(=O)NCC(=O)O. The fourth-order valence-corrected chi connectivity index (χ4v) is 0.989. The van der Waals surface area contributed by atoms with E-state index < -0.39 is 29.8 Å². The van der Waals surface area contributed by atoms with Gasteiger partial charge in [0.1, 0.15) is 12.6 Å². The molecule has 0 spiro atoms. The monoisotopic (exact) mass is 305 g/mol. The Morgan fingerprint density at radius 1 is 1.05 bits per heavy atom. The van der Waals surface area contributed by atoms with E-state index >= 15 is 0 Å². The van der Waals surface area contributed by atoms with Crippen molar-refractivity contribution in [3.63, 3.8) is 0 Å². The zero-order valence-corrected chi connectivity index (χ0v) is 11.7. The van der Waals surface area contributed by atoms with Crippen LogP contribution in [0.25, 0.3) is 0 Å². The molecule has 0 bridgehead atoms. The Morgan fingerprint density at radius 3 is 1.81 bits per heavy atom. The smallest absolute Gasteiger partial charge is 0.326 e. The fourth-order valence-electron chi connectivity index (χ4n) is 0.989. The quantitative estimate of drug-likeness (QED) is 0.363. The first kappa shape index (κ1) is 20.7. The number of primary amides is 1. The van der Waals surface area contributed by atoms with Crippen molar-refractivity contribution in [1.82, 2.24) is 10.6 Å². The van der Waals surface area contributed by atoms with Crippen molar-refractivity contribution in [2.45, 2.75) is 32.7 Å². The molecule has 0 aromatic heterocycles. The standard InChI is InChI=1S/C7H12N2O4.C4H7NO3/c1-4(10)9-5(7(12)13)2-3-6(8)11;1-3(6)5-2-4(7)8/h5H,2-3H2,1H3,(H2,8,11)(H,9,10)(H,12,13);2H2,1H3,(H,5,6)(H,7,8). The van der Waals surface area contributed by atoms with Crippen molar-refractivity contribution >= 4 is 29.7 Å². The van der Waals surface area contributed by atoms with Crippen LogP contribution in [0.4, 0.5) is 0 Å². The van der Waals surface area contributed by atoms with Crippen LogP contribution in [0.3, 0.4) is 0 Å². The third-order valence-electron chi connectivity index (χ3n) is 1.84. The zero-order valence-electron chi connectivity index (χ0n) is 11.7. The van der Waals surface area contributed by atoms with Gasteiger partial charge in [-0.1, -0.05) is 0 Å². The summed E-state index contributed by atoms with van der Waals surface area (Å²) in [5.74, 6) is -3.56. The molecule has 120 valence electrons. The Kier molecular flexibility index (Phi) is 11.0. The van der Waals surface area contributed by atoms with Gasteiger partial charge in [-0.3, -0.25) is 19.2 Å². The summed E-state index contributed by atoms with van der Waals surface area (Å²) in [7, 11) is 0. The van der Waals surface area contributed by atoms with Gasteiger partial charge in [-0.05, 0) is 6.42 Å². The van der Waals surface area contributed by atoms with E-state index in [1.807, 2.05) is 0 Å². The number of hydrogen-bond donors (Lipinski definition) is 5. The van der Waals surface area contributed by atoms with Crippen LogP contribution in [-0.4, -0.2) is 52.5 Å². The molecule has 0 fully saturated rings. The third kappa shape index (κ3) is 17.4. The third-order valence-corrected chi connectivity index (χ3v) is 1.84. The van der Waals surface area contributed by atoms with Gasteiger partial charge in [0.15, 0.2) is 0 Å². The van der Waals surface area contributed by atoms with Gasteiger partial charge >= 0.3 is 11.9 Å². The van der Waals surface area contributed by atoms with E-state index in [2.05, 4.69) is 10.6 Å². The van der Waals surface area contributed by atoms with Crippen LogP contribution in [0.1, 0.15) is 26.7 Å². The lowest BCUT2D eigenvalue weighted by molar-refractivity contribution is -0.141. The largest absolute Gasteiger partial charge is 0.480 e. The van der Waals surface area contributed by atoms with Gasteiger partial charge < -0.3 is 26.6 Å². The van der Waals surface area contributed by atoms with Crippen molar-refractivity contribution < 1.29 is 34.2 Å². The molecule has 6 N–H and O–H groups in total. The number of rotatable bonds is 7. The molecule has 10 nitrogen and oxygen atoms in total. The normalized spacial score (nSPS) is 10.4. The van der Waals surface area contributed by atoms with E-state index in [-0.39, 0.29) is 25.3 Å². The topological polar surface area (TPSA) is 176 Å². The summed E-state index contributed by atoms with van der Waals surface area (Å²) in [6.07, 6.45) is -0.0402. The van der Waals surface area contributed by atoms with Crippen LogP contribution in [0.2, 0.25) is 0 Å². The molecular formula is C11H19N3O7. The number of aliphatic carboxylic acids is 2. The first-order valence-electron chi connectivity index (χ1n) is 5.80. The lowest BCUT2D eigenvalue weighted by Gasteiger charge is -2.11. The van der Waals surface area contributed by atoms with Gasteiger partial charge in [-0.25, -0.2) is 4.79 Å². The number of hydrogen-bond acceptors (Lipinski definition) is 5. The second kappa shape index (κ2) is 11.2. The highest BCUT2D eigenvalue weighted by Gasteiger charge is 2.18. The first-order chi connectivity index (χ1) is 9.56. The summed E-state index contributed by atoms with van der Waals surface area (Å²) in [5.41, 5.74) is 4.83. The minimum absolute atomic E-state index is 0.0181. The summed E-state index contributed by atoms with van der Waals surface area (Å²) in [5, 5.41) is 20.8. The molecule has 0 aromatic carbocycles. The van der Waals surface area contributed by atoms with E-state index in [4.69, 9.17) is 15.9 Å². The summed E-state index contributed by atoms with van der Waals surface area (Å²) in [4.78, 5) is 51.0. The number of carbonyl (C=O) groups excluding carboxylic acids is 3. The highest BCUT2D eigenvalue weighted by Crippen LogP contribution is 1.96. The summed E-state index contributed by atoms with van der Waals surface area (Å²) >= 11 is 0. The molecule has 0 saturated carbocycles. The van der Waals surface area contributed by atoms with Crippen molar-refractivity contribution in [3.8, 4) is 0 Å². The molecule has 0 aliphatic carbocycles. The minimum Gasteiger partial charge on any atom is -0.480 e. The molecule has 1 atom stereocenters. The molecule has 0 heterocycles. The van der Waals surface area contributed by atoms with Crippen molar-refractivity contribution in [1.29, 1.82) is 0 Å². The Morgan fingerprint density at radius 2 is 1.57 bits per heavy atom. The number of carboxylic acids is 2. The predicted molar refractivity (Wildman–Crippen MR) is 70.0 cm³/mol. The van der Waals surface area contributed by atoms with E-state index in [1.54, 1.807) is 0 Å². The maximum atomic E-state index is 10.5. The molecule has 10 heteroatoms. The van der Waals surface area contributed by atoms with Crippen LogP contribution in [0.15, 0.2) is 0 Å². The van der Waals surface area contributed by atoms with Crippen molar-refractivity contribution in [3.05, 3.63) is 0 Å². The van der Waals surface area contributed by atoms with Crippen molar-refractivity contribution in [2.24, 2.45) is 5.73 Å². The lowest BCUT2D eigenvalue weighted by Crippen LogP contribution is -2.40. The van der Waals surface area contributed by atoms with Crippen molar-refractivity contribution in [2.75, 3.05) is 6.54 Å². The number of carbonyl (C=O) groups is 5. The van der Waals surface area contributed by atoms with Gasteiger partial charge in [-0.15, -0.1) is 0 Å². The zero-order chi connectivity index (χ0) is 17.0. The highest BCUT2D eigenvalue weighted by molar-refractivity contribution is 5.83. The van der Waals surface area contributed by atoms with Gasteiger partial charge in [0.05, 0.1) is 0 Å². The molecule has 0 aliphatic rings. The van der Waals surface area contributed by atoms with Crippen LogP contribution < -0.4 is 16.4 Å². The average Bonchev–Trinajstić information content (AvgIpc) is 2.31. The molecule has 0 saturated heterocycles. The van der Waals surface area contributed by atoms with Crippen LogP contribution in [-0.2, 0) is 24.0 Å². The van der Waals surface area contributed by atoms with Crippen LogP contribution >= 0.6 is 0 Å². The van der Waals surface area contributed by atoms with Gasteiger partial charge in [0.25, 0.3) is 0 Å². The number of nitrogens with one attached hydrogen (secondary N) is 2. The Bertz CT molecular complexity index is 395. The molecule has 21 heavy (non-hydrogen) atoms. The summed E-state index contributed by atoms with van der Waals surface area (Å²) < 4.78 is 0. The second-order valence-corrected chi connectivity index (χ2v) is 3.90. The van der Waals surface area contributed by atoms with E-state index in [9.17, 15) is 24.0 Å².